The van der Waals surface area contributed by atoms with Gasteiger partial charge in [-0.3, -0.25) is 4.79 Å². The van der Waals surface area contributed by atoms with E-state index in [-0.39, 0.29) is 11.7 Å². The van der Waals surface area contributed by atoms with Gasteiger partial charge < -0.3 is 9.15 Å². The maximum Gasteiger partial charge on any atom is 0.307 e. The minimum absolute atomic E-state index is 0.224. The lowest BCUT2D eigenvalue weighted by Crippen LogP contribution is -2.16. The number of furan rings is 1. The Balaban J connectivity index is 1.93. The van der Waals surface area contributed by atoms with E-state index in [1.165, 1.54) is 6.26 Å². The fraction of sp³-hybridized carbons (Fsp3) is 0.0769. The van der Waals surface area contributed by atoms with Crippen LogP contribution in [0.1, 0.15) is 16.1 Å². The predicted molar refractivity (Wildman–Crippen MR) is 66.8 cm³/mol. The lowest BCUT2D eigenvalue weighted by atomic mass is 10.2. The number of hydrogen-bond acceptors (Lipinski definition) is 4. The minimum Gasteiger partial charge on any atom is -0.497 e. The highest BCUT2D eigenvalue weighted by atomic mass is 16.5. The molecule has 0 bridgehead atoms. The zero-order valence-electron chi connectivity index (χ0n) is 9.79. The van der Waals surface area contributed by atoms with E-state index in [4.69, 9.17) is 9.15 Å². The number of hydrogen-bond donors (Lipinski definition) is 1. The number of carbonyl (C=O) groups is 1. The highest BCUT2D eigenvalue weighted by molar-refractivity contribution is 5.92. The van der Waals surface area contributed by atoms with E-state index < -0.39 is 0 Å². The third-order valence-corrected chi connectivity index (χ3v) is 2.24. The van der Waals surface area contributed by atoms with Gasteiger partial charge in [0.1, 0.15) is 5.75 Å². The zero-order valence-corrected chi connectivity index (χ0v) is 9.79. The van der Waals surface area contributed by atoms with Crippen LogP contribution in [-0.2, 0) is 0 Å². The van der Waals surface area contributed by atoms with Crippen LogP contribution < -0.4 is 10.2 Å². The number of benzene rings is 1. The molecule has 0 aliphatic rings. The van der Waals surface area contributed by atoms with E-state index in [0.717, 1.165) is 11.3 Å². The van der Waals surface area contributed by atoms with Crippen molar-refractivity contribution >= 4 is 12.1 Å². The summed E-state index contributed by atoms with van der Waals surface area (Å²) in [6.07, 6.45) is 2.97. The Morgan fingerprint density at radius 3 is 2.72 bits per heavy atom. The van der Waals surface area contributed by atoms with Crippen molar-refractivity contribution in [2.75, 3.05) is 7.11 Å². The van der Waals surface area contributed by atoms with Gasteiger partial charge in [-0.25, -0.2) is 5.43 Å². The van der Waals surface area contributed by atoms with Gasteiger partial charge in [-0.05, 0) is 42.0 Å². The molecule has 0 atom stereocenters. The second kappa shape index (κ2) is 5.67. The molecule has 1 amide bonds. The van der Waals surface area contributed by atoms with Crippen molar-refractivity contribution in [3.63, 3.8) is 0 Å². The topological polar surface area (TPSA) is 63.8 Å². The third-order valence-electron chi connectivity index (χ3n) is 2.24. The maximum atomic E-state index is 11.5. The molecule has 1 aromatic carbocycles. The van der Waals surface area contributed by atoms with Gasteiger partial charge in [0.2, 0.25) is 0 Å². The first-order chi connectivity index (χ1) is 8.79. The Bertz CT molecular complexity index is 530. The van der Waals surface area contributed by atoms with Crippen LogP contribution in [0.25, 0.3) is 0 Å². The minimum atomic E-state index is -0.384. The summed E-state index contributed by atoms with van der Waals surface area (Å²) in [4.78, 5) is 11.5. The first-order valence-corrected chi connectivity index (χ1v) is 5.30. The molecule has 0 saturated heterocycles. The zero-order chi connectivity index (χ0) is 12.8. The molecule has 0 unspecified atom stereocenters. The van der Waals surface area contributed by atoms with Gasteiger partial charge in [0.25, 0.3) is 0 Å². The molecule has 0 saturated carbocycles. The number of rotatable bonds is 4. The van der Waals surface area contributed by atoms with Gasteiger partial charge in [0, 0.05) is 0 Å². The molecule has 92 valence electrons. The van der Waals surface area contributed by atoms with Crippen molar-refractivity contribution in [1.82, 2.24) is 5.43 Å². The summed E-state index contributed by atoms with van der Waals surface area (Å²) in [6.45, 7) is 0. The van der Waals surface area contributed by atoms with E-state index in [9.17, 15) is 4.79 Å². The summed E-state index contributed by atoms with van der Waals surface area (Å²) in [5.41, 5.74) is 3.22. The lowest BCUT2D eigenvalue weighted by Gasteiger charge is -1.99. The number of nitrogens with zero attached hydrogens (tertiary/aromatic N) is 1. The Hall–Kier alpha value is -2.56. The van der Waals surface area contributed by atoms with Crippen molar-refractivity contribution in [2.24, 2.45) is 5.10 Å². The Kier molecular flexibility index (Phi) is 3.76. The molecule has 0 spiro atoms. The fourth-order valence-electron chi connectivity index (χ4n) is 1.32. The SMILES string of the molecule is COc1ccc(/C=N\NC(=O)c2ccco2)cc1. The van der Waals surface area contributed by atoms with Crippen molar-refractivity contribution in [2.45, 2.75) is 0 Å². The molecule has 0 fully saturated rings. The second-order valence-corrected chi connectivity index (χ2v) is 3.45. The average molecular weight is 244 g/mol. The molecule has 1 aromatic heterocycles. The Labute approximate surface area is 104 Å². The van der Waals surface area contributed by atoms with Crippen LogP contribution in [0.5, 0.6) is 5.75 Å². The van der Waals surface area contributed by atoms with Gasteiger partial charge in [-0.1, -0.05) is 0 Å². The van der Waals surface area contributed by atoms with Crippen molar-refractivity contribution in [1.29, 1.82) is 0 Å². The molecule has 1 heterocycles. The molecule has 2 rings (SSSR count). The molecular weight excluding hydrogens is 232 g/mol. The molecular formula is C13H12N2O3. The summed E-state index contributed by atoms with van der Waals surface area (Å²) in [6, 6.07) is 10.5. The summed E-state index contributed by atoms with van der Waals surface area (Å²) < 4.78 is 9.96. The monoisotopic (exact) mass is 244 g/mol. The summed E-state index contributed by atoms with van der Waals surface area (Å²) in [5, 5.41) is 3.83. The van der Waals surface area contributed by atoms with Crippen LogP contribution in [0.3, 0.4) is 0 Å². The summed E-state index contributed by atoms with van der Waals surface area (Å²) in [7, 11) is 1.60. The normalized spacial score (nSPS) is 10.5. The first-order valence-electron chi connectivity index (χ1n) is 5.30. The number of methoxy groups -OCH3 is 1. The van der Waals surface area contributed by atoms with Crippen LogP contribution >= 0.6 is 0 Å². The highest BCUT2D eigenvalue weighted by Gasteiger charge is 2.05. The summed E-state index contributed by atoms with van der Waals surface area (Å²) >= 11 is 0. The van der Waals surface area contributed by atoms with Gasteiger partial charge in [0.05, 0.1) is 19.6 Å². The van der Waals surface area contributed by atoms with Crippen molar-refractivity contribution in [3.8, 4) is 5.75 Å². The molecule has 0 aliphatic carbocycles. The van der Waals surface area contributed by atoms with E-state index in [1.807, 2.05) is 24.3 Å². The average Bonchev–Trinajstić information content (AvgIpc) is 2.93. The number of ether oxygens (including phenoxy) is 1. The highest BCUT2D eigenvalue weighted by Crippen LogP contribution is 2.09. The number of nitrogens with one attached hydrogen (secondary N) is 1. The van der Waals surface area contributed by atoms with Crippen LogP contribution in [0, 0.1) is 0 Å². The third kappa shape index (κ3) is 2.98. The molecule has 2 aromatic rings. The van der Waals surface area contributed by atoms with Crippen molar-refractivity contribution < 1.29 is 13.9 Å². The van der Waals surface area contributed by atoms with E-state index >= 15 is 0 Å². The van der Waals surface area contributed by atoms with Crippen molar-refractivity contribution in [3.05, 3.63) is 54.0 Å². The van der Waals surface area contributed by atoms with Gasteiger partial charge in [0.15, 0.2) is 5.76 Å². The molecule has 1 N–H and O–H groups in total. The molecule has 0 aliphatic heterocycles. The number of hydrazone groups is 1. The summed E-state index contributed by atoms with van der Waals surface area (Å²) in [5.74, 6) is 0.610. The van der Waals surface area contributed by atoms with E-state index in [1.54, 1.807) is 25.5 Å². The van der Waals surface area contributed by atoms with Gasteiger partial charge in [-0.2, -0.15) is 5.10 Å². The quantitative estimate of drug-likeness (QED) is 0.661. The smallest absolute Gasteiger partial charge is 0.307 e. The molecule has 0 radical (unpaired) electrons. The van der Waals surface area contributed by atoms with Crippen LogP contribution in [0.15, 0.2) is 52.2 Å². The number of carbonyl (C=O) groups excluding carboxylic acids is 1. The Morgan fingerprint density at radius 1 is 1.33 bits per heavy atom. The predicted octanol–water partition coefficient (Wildman–Crippen LogP) is 2.05. The van der Waals surface area contributed by atoms with Crippen LogP contribution in [0.4, 0.5) is 0 Å². The van der Waals surface area contributed by atoms with Crippen LogP contribution in [0.2, 0.25) is 0 Å². The largest absolute Gasteiger partial charge is 0.497 e. The first kappa shape index (κ1) is 11.9. The van der Waals surface area contributed by atoms with E-state index in [2.05, 4.69) is 10.5 Å². The molecule has 5 nitrogen and oxygen atoms in total. The Morgan fingerprint density at radius 2 is 2.11 bits per heavy atom. The van der Waals surface area contributed by atoms with Gasteiger partial charge >= 0.3 is 5.91 Å². The molecule has 5 heteroatoms. The lowest BCUT2D eigenvalue weighted by molar-refractivity contribution is 0.0927. The molecule has 18 heavy (non-hydrogen) atoms. The van der Waals surface area contributed by atoms with Crippen LogP contribution in [-0.4, -0.2) is 19.2 Å². The fourth-order valence-corrected chi connectivity index (χ4v) is 1.32. The standard InChI is InChI=1S/C13H12N2O3/c1-17-11-6-4-10(5-7-11)9-14-15-13(16)12-3-2-8-18-12/h2-9H,1H3,(H,15,16)/b14-9-. The van der Waals surface area contributed by atoms with Gasteiger partial charge in [-0.15, -0.1) is 0 Å². The van der Waals surface area contributed by atoms with E-state index in [0.29, 0.717) is 0 Å². The maximum absolute atomic E-state index is 11.5. The second-order valence-electron chi connectivity index (χ2n) is 3.45. The number of amides is 1.